The van der Waals surface area contributed by atoms with Crippen LogP contribution in [0, 0.1) is 12.8 Å². The molecule has 2 heterocycles. The average Bonchev–Trinajstić information content (AvgIpc) is 3.29. The van der Waals surface area contributed by atoms with Gasteiger partial charge < -0.3 is 27.0 Å². The van der Waals surface area contributed by atoms with E-state index >= 15 is 0 Å². The maximum atomic E-state index is 12.7. The van der Waals surface area contributed by atoms with Crippen molar-refractivity contribution in [3.05, 3.63) is 41.6 Å². The summed E-state index contributed by atoms with van der Waals surface area (Å²) in [4.78, 5) is 35.3. The third-order valence-corrected chi connectivity index (χ3v) is 6.32. The van der Waals surface area contributed by atoms with Gasteiger partial charge in [0, 0.05) is 43.0 Å². The van der Waals surface area contributed by atoms with Crippen LogP contribution in [0.2, 0.25) is 0 Å². The van der Waals surface area contributed by atoms with E-state index in [1.54, 1.807) is 0 Å². The summed E-state index contributed by atoms with van der Waals surface area (Å²) in [6.07, 6.45) is 5.78. The summed E-state index contributed by atoms with van der Waals surface area (Å²) < 4.78 is 0. The topological polar surface area (TPSA) is 139 Å². The third-order valence-electron chi connectivity index (χ3n) is 6.32. The highest BCUT2D eigenvalue weighted by molar-refractivity contribution is 5.98. The first kappa shape index (κ1) is 22.0. The summed E-state index contributed by atoms with van der Waals surface area (Å²) in [5.41, 5.74) is 14.0. The van der Waals surface area contributed by atoms with Gasteiger partial charge in [0.2, 0.25) is 11.9 Å². The van der Waals surface area contributed by atoms with Gasteiger partial charge in [0.15, 0.2) is 0 Å². The number of likely N-dealkylation sites (tertiary alicyclic amines) is 1. The summed E-state index contributed by atoms with van der Waals surface area (Å²) >= 11 is 0. The molecule has 2 fully saturated rings. The maximum Gasteiger partial charge on any atom is 0.254 e. The molecule has 0 radical (unpaired) electrons. The van der Waals surface area contributed by atoms with Crippen LogP contribution in [0.5, 0.6) is 0 Å². The summed E-state index contributed by atoms with van der Waals surface area (Å²) in [6.45, 7) is 3.71. The van der Waals surface area contributed by atoms with Crippen LogP contribution in [0.1, 0.15) is 48.0 Å². The van der Waals surface area contributed by atoms with Crippen molar-refractivity contribution in [1.29, 1.82) is 0 Å². The first-order chi connectivity index (χ1) is 15.4. The normalized spacial score (nSPS) is 23.1. The van der Waals surface area contributed by atoms with E-state index < -0.39 is 5.91 Å². The fraction of sp³-hybridized carbons (Fsp3) is 0.478. The van der Waals surface area contributed by atoms with Gasteiger partial charge in [0.05, 0.1) is 0 Å². The van der Waals surface area contributed by atoms with E-state index in [0.29, 0.717) is 18.2 Å². The lowest BCUT2D eigenvalue weighted by Crippen LogP contribution is -2.48. The van der Waals surface area contributed by atoms with Gasteiger partial charge in [-0.2, -0.15) is 4.98 Å². The van der Waals surface area contributed by atoms with E-state index in [9.17, 15) is 9.59 Å². The Bertz CT molecular complexity index is 990. The van der Waals surface area contributed by atoms with Crippen molar-refractivity contribution in [3.8, 4) is 0 Å². The van der Waals surface area contributed by atoms with Crippen LogP contribution in [-0.2, 0) is 4.79 Å². The Morgan fingerprint density at radius 3 is 2.66 bits per heavy atom. The second-order valence-corrected chi connectivity index (χ2v) is 8.77. The fourth-order valence-electron chi connectivity index (χ4n) is 4.56. The fourth-order valence-corrected chi connectivity index (χ4v) is 4.56. The maximum absolute atomic E-state index is 12.7. The number of aromatic nitrogens is 2. The minimum absolute atomic E-state index is 0.0159. The second-order valence-electron chi connectivity index (χ2n) is 8.77. The Kier molecular flexibility index (Phi) is 6.55. The van der Waals surface area contributed by atoms with Crippen LogP contribution in [-0.4, -0.2) is 51.9 Å². The predicted molar refractivity (Wildman–Crippen MR) is 124 cm³/mol. The Balaban J connectivity index is 1.44. The number of carbonyl (C=O) groups is 2. The van der Waals surface area contributed by atoms with Crippen LogP contribution in [0.3, 0.4) is 0 Å². The van der Waals surface area contributed by atoms with Gasteiger partial charge in [-0.05, 0) is 56.7 Å². The molecule has 1 aliphatic heterocycles. The van der Waals surface area contributed by atoms with E-state index in [2.05, 4.69) is 20.6 Å². The van der Waals surface area contributed by atoms with Gasteiger partial charge in [-0.3, -0.25) is 9.59 Å². The largest absolute Gasteiger partial charge is 0.365 e. The second kappa shape index (κ2) is 9.52. The molecule has 9 nitrogen and oxygen atoms in total. The van der Waals surface area contributed by atoms with Gasteiger partial charge in [0.1, 0.15) is 11.4 Å². The Morgan fingerprint density at radius 2 is 1.97 bits per heavy atom. The third kappa shape index (κ3) is 4.99. The molecule has 2 aromatic rings. The zero-order valence-corrected chi connectivity index (χ0v) is 18.4. The molecule has 1 aromatic carbocycles. The van der Waals surface area contributed by atoms with Gasteiger partial charge in [-0.25, -0.2) is 4.98 Å². The van der Waals surface area contributed by atoms with Crippen molar-refractivity contribution in [2.45, 2.75) is 51.1 Å². The highest BCUT2D eigenvalue weighted by atomic mass is 16.2. The molecule has 6 N–H and O–H groups in total. The lowest BCUT2D eigenvalue weighted by atomic mass is 9.82. The number of nitrogens with zero attached hydrogens (tertiary/aromatic N) is 3. The lowest BCUT2D eigenvalue weighted by Gasteiger charge is -2.35. The number of hydrogen-bond acceptors (Lipinski definition) is 7. The summed E-state index contributed by atoms with van der Waals surface area (Å²) in [5.74, 6) is 0.326. The molecular weight excluding hydrogens is 406 g/mol. The summed E-state index contributed by atoms with van der Waals surface area (Å²) in [7, 11) is 0. The van der Waals surface area contributed by atoms with Gasteiger partial charge in [-0.15, -0.1) is 0 Å². The van der Waals surface area contributed by atoms with Crippen molar-refractivity contribution in [3.63, 3.8) is 0 Å². The Morgan fingerprint density at radius 1 is 1.19 bits per heavy atom. The molecule has 0 spiro atoms. The van der Waals surface area contributed by atoms with Gasteiger partial charge >= 0.3 is 0 Å². The van der Waals surface area contributed by atoms with Gasteiger partial charge in [0.25, 0.3) is 5.91 Å². The lowest BCUT2D eigenvalue weighted by molar-refractivity contribution is -0.135. The monoisotopic (exact) mass is 437 g/mol. The number of nitrogens with two attached hydrogens (primary N) is 2. The molecule has 1 saturated carbocycles. The van der Waals surface area contributed by atoms with E-state index in [-0.39, 0.29) is 29.5 Å². The smallest absolute Gasteiger partial charge is 0.254 e. The van der Waals surface area contributed by atoms with Crippen molar-refractivity contribution in [1.82, 2.24) is 14.9 Å². The molecule has 3 unspecified atom stereocenters. The molecule has 32 heavy (non-hydrogen) atoms. The number of primary amides is 1. The quantitative estimate of drug-likeness (QED) is 0.543. The molecule has 9 heteroatoms. The molecule has 0 bridgehead atoms. The van der Waals surface area contributed by atoms with Crippen molar-refractivity contribution in [2.75, 3.05) is 23.7 Å². The molecule has 1 saturated heterocycles. The number of anilines is 3. The van der Waals surface area contributed by atoms with E-state index in [4.69, 9.17) is 11.5 Å². The van der Waals surface area contributed by atoms with Crippen LogP contribution in [0.4, 0.5) is 17.5 Å². The molecule has 2 amide bonds. The van der Waals surface area contributed by atoms with Gasteiger partial charge in [-0.1, -0.05) is 12.1 Å². The molecule has 1 aliphatic carbocycles. The van der Waals surface area contributed by atoms with E-state index in [1.807, 2.05) is 36.1 Å². The Labute approximate surface area is 188 Å². The molecule has 2 aliphatic rings. The van der Waals surface area contributed by atoms with Crippen molar-refractivity contribution < 1.29 is 9.59 Å². The zero-order chi connectivity index (χ0) is 22.7. The van der Waals surface area contributed by atoms with Crippen LogP contribution < -0.4 is 22.1 Å². The number of hydrogen-bond donors (Lipinski definition) is 4. The highest BCUT2D eigenvalue weighted by Gasteiger charge is 2.35. The van der Waals surface area contributed by atoms with Crippen molar-refractivity contribution >= 4 is 29.3 Å². The number of nitrogens with one attached hydrogen (secondary N) is 2. The Hall–Kier alpha value is -3.20. The van der Waals surface area contributed by atoms with Crippen LogP contribution in [0.25, 0.3) is 0 Å². The minimum Gasteiger partial charge on any atom is -0.365 e. The molecule has 1 aromatic heterocycles. The van der Waals surface area contributed by atoms with Crippen LogP contribution >= 0.6 is 0 Å². The number of aryl methyl sites for hydroxylation is 1. The van der Waals surface area contributed by atoms with Crippen LogP contribution in [0.15, 0.2) is 30.5 Å². The standard InChI is InChI=1S/C23H31N7O2/c1-14-5-4-6-16(11-14)27-21-17(20(25)31)13-26-23(29-21)28-19-8-7-15(12-18(19)24)22(32)30-9-2-3-10-30/h4-6,11,13,15,18-19H,2-3,7-10,12,24H2,1H3,(H2,25,31)(H2,26,27,28,29). The minimum atomic E-state index is -0.607. The SMILES string of the molecule is Cc1cccc(Nc2nc(NC3CCC(C(=O)N4CCCC4)CC3N)ncc2C(N)=O)c1. The number of carbonyl (C=O) groups excluding carboxylic acids is 2. The average molecular weight is 438 g/mol. The summed E-state index contributed by atoms with van der Waals surface area (Å²) in [6, 6.07) is 7.51. The number of amides is 2. The first-order valence-electron chi connectivity index (χ1n) is 11.2. The number of benzene rings is 1. The zero-order valence-electron chi connectivity index (χ0n) is 18.4. The van der Waals surface area contributed by atoms with E-state index in [0.717, 1.165) is 50.0 Å². The number of rotatable bonds is 6. The van der Waals surface area contributed by atoms with Crippen molar-refractivity contribution in [2.24, 2.45) is 17.4 Å². The molecular formula is C23H31N7O2. The predicted octanol–water partition coefficient (Wildman–Crippen LogP) is 2.16. The summed E-state index contributed by atoms with van der Waals surface area (Å²) in [5, 5.41) is 6.46. The molecule has 4 rings (SSSR count). The highest BCUT2D eigenvalue weighted by Crippen LogP contribution is 2.29. The molecule has 3 atom stereocenters. The molecule has 170 valence electrons. The first-order valence-corrected chi connectivity index (χ1v) is 11.2. The van der Waals surface area contributed by atoms with E-state index in [1.165, 1.54) is 6.20 Å².